The average molecular weight is 678 g/mol. The summed E-state index contributed by atoms with van der Waals surface area (Å²) in [5.41, 5.74) is -11.5. The summed E-state index contributed by atoms with van der Waals surface area (Å²) in [4.78, 5) is 0. The summed E-state index contributed by atoms with van der Waals surface area (Å²) < 4.78 is 303. The zero-order valence-electron chi connectivity index (χ0n) is 18.6. The van der Waals surface area contributed by atoms with Crippen molar-refractivity contribution in [3.05, 3.63) is 51.8 Å². The highest BCUT2D eigenvalue weighted by molar-refractivity contribution is 5.83. The molecule has 0 unspecified atom stereocenters. The highest BCUT2D eigenvalue weighted by Gasteiger charge is 2.85. The topological polar surface area (TPSA) is 18.5 Å². The maximum absolute atomic E-state index is 14.9. The van der Waals surface area contributed by atoms with E-state index in [1.54, 1.807) is 0 Å². The molecule has 2 aromatic rings. The summed E-state index contributed by atoms with van der Waals surface area (Å²) >= 11 is 0. The molecule has 242 valence electrons. The average Bonchev–Trinajstić information content (AvgIpc) is 3.08. The minimum absolute atomic E-state index is 1.44. The fraction of sp³-hybridized carbons (Fsp3) is 0.368. The molecule has 0 radical (unpaired) electrons. The van der Waals surface area contributed by atoms with Gasteiger partial charge in [0.05, 0.1) is 11.1 Å². The van der Waals surface area contributed by atoms with Crippen molar-refractivity contribution in [1.82, 2.24) is 0 Å². The number of halogens is 22. The monoisotopic (exact) mass is 678 g/mol. The zero-order valence-corrected chi connectivity index (χ0v) is 18.6. The molecule has 0 N–H and O–H groups in total. The maximum atomic E-state index is 14.9. The lowest BCUT2D eigenvalue weighted by atomic mass is 10.0. The van der Waals surface area contributed by atoms with E-state index >= 15 is 0 Å². The van der Waals surface area contributed by atoms with E-state index in [2.05, 4.69) is 4.74 Å². The minimum atomic E-state index is -8.19. The second-order valence-electron chi connectivity index (χ2n) is 8.00. The highest BCUT2D eigenvalue weighted by atomic mass is 19.4. The van der Waals surface area contributed by atoms with Gasteiger partial charge in [-0.1, -0.05) is 0 Å². The Labute approximate surface area is 218 Å². The van der Waals surface area contributed by atoms with Gasteiger partial charge in [-0.25, -0.2) is 31.1 Å². The predicted octanol–water partition coefficient (Wildman–Crippen LogP) is 8.79. The van der Waals surface area contributed by atoms with Gasteiger partial charge in [0.1, 0.15) is 0 Å². The molecule has 24 heteroatoms. The van der Waals surface area contributed by atoms with Crippen molar-refractivity contribution in [3.8, 4) is 16.9 Å². The van der Waals surface area contributed by atoms with Crippen LogP contribution in [0.2, 0.25) is 0 Å². The normalized spacial score (nSPS) is 16.0. The molecule has 0 fully saturated rings. The van der Waals surface area contributed by atoms with E-state index in [1.165, 1.54) is 4.74 Å². The number of fused-ring (bicyclic) bond motifs is 3. The molecule has 1 aliphatic carbocycles. The van der Waals surface area contributed by atoms with Crippen LogP contribution in [0.15, 0.2) is 0 Å². The molecular weight excluding hydrogens is 678 g/mol. The fourth-order valence-electron chi connectivity index (χ4n) is 3.39. The molecule has 0 amide bonds. The third-order valence-corrected chi connectivity index (χ3v) is 5.37. The van der Waals surface area contributed by atoms with Crippen molar-refractivity contribution >= 4 is 0 Å². The number of rotatable bonds is 7. The largest absolute Gasteiger partial charge is 0.494 e. The first-order valence-corrected chi connectivity index (χ1v) is 9.72. The third-order valence-electron chi connectivity index (χ3n) is 5.37. The molecule has 0 aliphatic heterocycles. The van der Waals surface area contributed by atoms with E-state index in [1.807, 2.05) is 0 Å². The molecule has 0 aromatic heterocycles. The van der Waals surface area contributed by atoms with E-state index in [4.69, 9.17) is 0 Å². The molecule has 2 aromatic carbocycles. The summed E-state index contributed by atoms with van der Waals surface area (Å²) in [6.45, 7) is 0. The Bertz CT molecular complexity index is 1490. The lowest BCUT2D eigenvalue weighted by molar-refractivity contribution is -0.518. The van der Waals surface area contributed by atoms with Gasteiger partial charge >= 0.3 is 42.3 Å². The molecular formula is C19F22O2. The summed E-state index contributed by atoms with van der Waals surface area (Å²) in [5.74, 6) is -48.5. The van der Waals surface area contributed by atoms with E-state index in [9.17, 15) is 96.6 Å². The van der Waals surface area contributed by atoms with Crippen LogP contribution in [0.1, 0.15) is 11.1 Å². The molecule has 0 saturated carbocycles. The maximum Gasteiger partial charge on any atom is 0.494 e. The van der Waals surface area contributed by atoms with Gasteiger partial charge in [-0.15, -0.1) is 0 Å². The predicted molar refractivity (Wildman–Crippen MR) is 87.1 cm³/mol. The smallest absolute Gasteiger partial charge is 0.422 e. The van der Waals surface area contributed by atoms with Crippen LogP contribution in [0.25, 0.3) is 11.1 Å². The van der Waals surface area contributed by atoms with Gasteiger partial charge < -0.3 is 4.74 Å². The Morgan fingerprint density at radius 2 is 0.814 bits per heavy atom. The SMILES string of the molecule is Fc1c(F)c(F)c2c(c1F)-c1c(F)c(F)c(F)c(OC(F)(F)C(F)(F)OC(F)(F)C(F)(F)C(F)(F)C(F)(F)F)c1C2(F)F. The molecule has 43 heavy (non-hydrogen) atoms. The first-order valence-electron chi connectivity index (χ1n) is 9.72. The zero-order chi connectivity index (χ0) is 33.8. The van der Waals surface area contributed by atoms with E-state index in [0.717, 1.165) is 0 Å². The molecule has 0 spiro atoms. The lowest BCUT2D eigenvalue weighted by Crippen LogP contribution is -2.64. The van der Waals surface area contributed by atoms with Gasteiger partial charge in [-0.05, 0) is 0 Å². The number of benzene rings is 2. The third kappa shape index (κ3) is 4.48. The Morgan fingerprint density at radius 3 is 1.26 bits per heavy atom. The number of ether oxygens (including phenoxy) is 2. The molecule has 0 bridgehead atoms. The van der Waals surface area contributed by atoms with Crippen LogP contribution < -0.4 is 4.74 Å². The summed E-state index contributed by atoms with van der Waals surface area (Å²) in [6.07, 6.45) is -31.0. The van der Waals surface area contributed by atoms with E-state index in [-0.39, 0.29) is 0 Å². The standard InChI is InChI=1S/C19F22O2/c20-5-1-2-4(13(27,28)3(1)7(22)10(25)8(5)23)12(11(26)9(24)6(2)21)42-18(38,39)19(40,41)43-17(36,37)15(31,32)14(29,30)16(33,34)35. The van der Waals surface area contributed by atoms with Gasteiger partial charge in [0.15, 0.2) is 40.7 Å². The van der Waals surface area contributed by atoms with Crippen molar-refractivity contribution in [1.29, 1.82) is 0 Å². The van der Waals surface area contributed by atoms with Gasteiger partial charge in [0, 0.05) is 11.1 Å². The van der Waals surface area contributed by atoms with Gasteiger partial charge in [-0.3, -0.25) is 0 Å². The molecule has 3 rings (SSSR count). The van der Waals surface area contributed by atoms with E-state index in [0.29, 0.717) is 0 Å². The Hall–Kier alpha value is -3.34. The molecule has 0 saturated heterocycles. The lowest BCUT2D eigenvalue weighted by Gasteiger charge is -2.36. The molecule has 0 heterocycles. The van der Waals surface area contributed by atoms with Crippen LogP contribution >= 0.6 is 0 Å². The highest BCUT2D eigenvalue weighted by Crippen LogP contribution is 2.60. The summed E-state index contributed by atoms with van der Waals surface area (Å²) in [5, 5.41) is 0. The Balaban J connectivity index is 2.23. The second-order valence-corrected chi connectivity index (χ2v) is 8.00. The minimum Gasteiger partial charge on any atom is -0.422 e. The quantitative estimate of drug-likeness (QED) is 0.166. The van der Waals surface area contributed by atoms with Crippen LogP contribution in [0.4, 0.5) is 96.6 Å². The Kier molecular flexibility index (Phi) is 7.41. The number of hydrogen-bond acceptors (Lipinski definition) is 2. The summed E-state index contributed by atoms with van der Waals surface area (Å²) in [7, 11) is 0. The molecule has 1 aliphatic rings. The van der Waals surface area contributed by atoms with Crippen LogP contribution in [0, 0.1) is 40.7 Å². The number of alkyl halides is 15. The molecule has 2 nitrogen and oxygen atoms in total. The van der Waals surface area contributed by atoms with Gasteiger partial charge in [0.25, 0.3) is 0 Å². The van der Waals surface area contributed by atoms with Crippen molar-refractivity contribution in [3.63, 3.8) is 0 Å². The Morgan fingerprint density at radius 1 is 0.419 bits per heavy atom. The first kappa shape index (κ1) is 34.2. The number of hydrogen-bond donors (Lipinski definition) is 0. The first-order chi connectivity index (χ1) is 18.9. The van der Waals surface area contributed by atoms with Crippen molar-refractivity contribution < 1.29 is 106 Å². The van der Waals surface area contributed by atoms with Crippen LogP contribution in [0.3, 0.4) is 0 Å². The van der Waals surface area contributed by atoms with Crippen LogP contribution in [0.5, 0.6) is 5.75 Å². The van der Waals surface area contributed by atoms with Crippen molar-refractivity contribution in [2.24, 2.45) is 0 Å². The van der Waals surface area contributed by atoms with Crippen LogP contribution in [-0.2, 0) is 10.7 Å². The van der Waals surface area contributed by atoms with Crippen molar-refractivity contribution in [2.45, 2.75) is 42.3 Å². The fourth-order valence-corrected chi connectivity index (χ4v) is 3.39. The summed E-state index contributed by atoms with van der Waals surface area (Å²) in [6, 6.07) is 0. The van der Waals surface area contributed by atoms with Crippen LogP contribution in [-0.4, -0.2) is 36.3 Å². The van der Waals surface area contributed by atoms with Crippen molar-refractivity contribution in [2.75, 3.05) is 0 Å². The van der Waals surface area contributed by atoms with Gasteiger partial charge in [0.2, 0.25) is 5.82 Å². The van der Waals surface area contributed by atoms with Gasteiger partial charge in [-0.2, -0.15) is 70.2 Å². The second kappa shape index (κ2) is 9.33. The molecule has 0 atom stereocenters. The van der Waals surface area contributed by atoms with E-state index < -0.39 is 111 Å².